The number of amides is 1. The Labute approximate surface area is 121 Å². The van der Waals surface area contributed by atoms with Gasteiger partial charge in [-0.05, 0) is 24.1 Å². The fourth-order valence-electron chi connectivity index (χ4n) is 1.63. The molecule has 2 N–H and O–H groups in total. The van der Waals surface area contributed by atoms with Crippen LogP contribution in [0.15, 0.2) is 18.2 Å². The Balaban J connectivity index is 2.63. The van der Waals surface area contributed by atoms with E-state index in [-0.39, 0.29) is 12.3 Å². The van der Waals surface area contributed by atoms with Gasteiger partial charge in [0.1, 0.15) is 6.04 Å². The molecule has 19 heavy (non-hydrogen) atoms. The van der Waals surface area contributed by atoms with E-state index >= 15 is 0 Å². The Kier molecular flexibility index (Phi) is 6.12. The minimum absolute atomic E-state index is 0.0738. The van der Waals surface area contributed by atoms with Gasteiger partial charge in [-0.2, -0.15) is 0 Å². The normalized spacial score (nSPS) is 11.9. The number of carbonyl (C=O) groups is 2. The molecule has 104 valence electrons. The summed E-state index contributed by atoms with van der Waals surface area (Å²) < 4.78 is 0. The van der Waals surface area contributed by atoms with E-state index in [1.807, 2.05) is 6.92 Å². The lowest BCUT2D eigenvalue weighted by molar-refractivity contribution is -0.141. The summed E-state index contributed by atoms with van der Waals surface area (Å²) in [7, 11) is 0. The van der Waals surface area contributed by atoms with Gasteiger partial charge in [0.15, 0.2) is 0 Å². The molecule has 1 aromatic carbocycles. The van der Waals surface area contributed by atoms with Gasteiger partial charge >= 0.3 is 5.97 Å². The van der Waals surface area contributed by atoms with Crippen LogP contribution >= 0.6 is 23.2 Å². The molecule has 0 saturated heterocycles. The van der Waals surface area contributed by atoms with Gasteiger partial charge in [0.25, 0.3) is 0 Å². The Hall–Kier alpha value is -1.26. The Morgan fingerprint density at radius 2 is 2.00 bits per heavy atom. The zero-order valence-electron chi connectivity index (χ0n) is 10.5. The largest absolute Gasteiger partial charge is 0.480 e. The van der Waals surface area contributed by atoms with Gasteiger partial charge in [0.05, 0.1) is 16.5 Å². The fourth-order valence-corrected chi connectivity index (χ4v) is 1.95. The molecule has 0 fully saturated rings. The summed E-state index contributed by atoms with van der Waals surface area (Å²) in [4.78, 5) is 22.7. The number of carboxylic acids is 1. The molecular formula is C13H15Cl2NO3. The molecule has 1 atom stereocenters. The second kappa shape index (κ2) is 7.36. The van der Waals surface area contributed by atoms with Crippen molar-refractivity contribution in [1.29, 1.82) is 0 Å². The molecule has 0 aliphatic rings. The summed E-state index contributed by atoms with van der Waals surface area (Å²) in [6, 6.07) is 4.04. The monoisotopic (exact) mass is 303 g/mol. The number of rotatable bonds is 6. The van der Waals surface area contributed by atoms with Crippen LogP contribution in [0, 0.1) is 0 Å². The molecule has 0 spiro atoms. The first-order valence-electron chi connectivity index (χ1n) is 5.90. The van der Waals surface area contributed by atoms with Crippen LogP contribution in [-0.4, -0.2) is 23.0 Å². The first kappa shape index (κ1) is 15.8. The van der Waals surface area contributed by atoms with Crippen molar-refractivity contribution >= 4 is 35.1 Å². The first-order chi connectivity index (χ1) is 8.93. The van der Waals surface area contributed by atoms with Crippen LogP contribution in [0.4, 0.5) is 0 Å². The molecule has 0 saturated carbocycles. The number of aliphatic carboxylic acids is 1. The van der Waals surface area contributed by atoms with Crippen molar-refractivity contribution in [2.24, 2.45) is 0 Å². The van der Waals surface area contributed by atoms with E-state index in [1.165, 1.54) is 0 Å². The highest BCUT2D eigenvalue weighted by Crippen LogP contribution is 2.22. The second-order valence-electron chi connectivity index (χ2n) is 4.17. The van der Waals surface area contributed by atoms with Crippen LogP contribution in [0.2, 0.25) is 10.0 Å². The zero-order chi connectivity index (χ0) is 14.4. The van der Waals surface area contributed by atoms with Gasteiger partial charge in [-0.3, -0.25) is 4.79 Å². The molecule has 1 rings (SSSR count). The highest BCUT2D eigenvalue weighted by molar-refractivity contribution is 6.42. The fraction of sp³-hybridized carbons (Fsp3) is 0.385. The topological polar surface area (TPSA) is 66.4 Å². The van der Waals surface area contributed by atoms with Crippen LogP contribution in [0.25, 0.3) is 0 Å². The van der Waals surface area contributed by atoms with Crippen molar-refractivity contribution < 1.29 is 14.7 Å². The number of hydrogen-bond acceptors (Lipinski definition) is 2. The Morgan fingerprint density at radius 1 is 1.32 bits per heavy atom. The number of carboxylic acid groups (broad SMARTS) is 1. The maximum absolute atomic E-state index is 11.7. The lowest BCUT2D eigenvalue weighted by Crippen LogP contribution is -2.41. The van der Waals surface area contributed by atoms with E-state index < -0.39 is 12.0 Å². The van der Waals surface area contributed by atoms with E-state index in [1.54, 1.807) is 18.2 Å². The lowest BCUT2D eigenvalue weighted by Gasteiger charge is -2.13. The molecule has 0 aliphatic heterocycles. The van der Waals surface area contributed by atoms with Crippen molar-refractivity contribution in [2.75, 3.05) is 0 Å². The SMILES string of the molecule is CCC[C@@H](NC(=O)Cc1ccc(Cl)c(Cl)c1)C(=O)O. The molecule has 0 heterocycles. The molecule has 0 aliphatic carbocycles. The molecule has 6 heteroatoms. The average molecular weight is 304 g/mol. The van der Waals surface area contributed by atoms with E-state index in [9.17, 15) is 9.59 Å². The molecule has 1 amide bonds. The molecule has 0 unspecified atom stereocenters. The third-order valence-corrected chi connectivity index (χ3v) is 3.30. The minimum atomic E-state index is -1.02. The van der Waals surface area contributed by atoms with Gasteiger partial charge in [0.2, 0.25) is 5.91 Å². The van der Waals surface area contributed by atoms with E-state index in [0.29, 0.717) is 28.5 Å². The summed E-state index contributed by atoms with van der Waals surface area (Å²) >= 11 is 11.6. The molecule has 0 aromatic heterocycles. The summed E-state index contributed by atoms with van der Waals surface area (Å²) in [6.45, 7) is 1.86. The van der Waals surface area contributed by atoms with Crippen LogP contribution in [0.1, 0.15) is 25.3 Å². The maximum atomic E-state index is 11.7. The highest BCUT2D eigenvalue weighted by atomic mass is 35.5. The molecule has 4 nitrogen and oxygen atoms in total. The van der Waals surface area contributed by atoms with E-state index in [4.69, 9.17) is 28.3 Å². The third-order valence-electron chi connectivity index (χ3n) is 2.56. The standard InChI is InChI=1S/C13H15Cl2NO3/c1-2-3-11(13(18)19)16-12(17)7-8-4-5-9(14)10(15)6-8/h4-6,11H,2-3,7H2,1H3,(H,16,17)(H,18,19)/t11-/m1/s1. The van der Waals surface area contributed by atoms with Crippen molar-refractivity contribution in [1.82, 2.24) is 5.32 Å². The first-order valence-corrected chi connectivity index (χ1v) is 6.65. The highest BCUT2D eigenvalue weighted by Gasteiger charge is 2.18. The van der Waals surface area contributed by atoms with Crippen molar-refractivity contribution in [3.63, 3.8) is 0 Å². The second-order valence-corrected chi connectivity index (χ2v) is 4.99. The Bertz CT molecular complexity index is 477. The van der Waals surface area contributed by atoms with Crippen molar-refractivity contribution in [3.8, 4) is 0 Å². The smallest absolute Gasteiger partial charge is 0.326 e. The maximum Gasteiger partial charge on any atom is 0.326 e. The van der Waals surface area contributed by atoms with Gasteiger partial charge in [0, 0.05) is 0 Å². The van der Waals surface area contributed by atoms with Crippen LogP contribution in [0.5, 0.6) is 0 Å². The predicted octanol–water partition coefficient (Wildman–Crippen LogP) is 2.91. The number of carbonyl (C=O) groups excluding carboxylic acids is 1. The average Bonchev–Trinajstić information content (AvgIpc) is 2.33. The molecular weight excluding hydrogens is 289 g/mol. The summed E-state index contributed by atoms with van der Waals surface area (Å²) in [6.07, 6.45) is 1.16. The number of hydrogen-bond donors (Lipinski definition) is 2. The Morgan fingerprint density at radius 3 is 2.53 bits per heavy atom. The van der Waals surface area contributed by atoms with E-state index in [2.05, 4.69) is 5.32 Å². The van der Waals surface area contributed by atoms with Crippen LogP contribution < -0.4 is 5.32 Å². The predicted molar refractivity (Wildman–Crippen MR) is 74.6 cm³/mol. The number of benzene rings is 1. The molecule has 0 bridgehead atoms. The van der Waals surface area contributed by atoms with Crippen LogP contribution in [-0.2, 0) is 16.0 Å². The van der Waals surface area contributed by atoms with Crippen molar-refractivity contribution in [3.05, 3.63) is 33.8 Å². The summed E-state index contributed by atoms with van der Waals surface area (Å²) in [5.74, 6) is -1.37. The lowest BCUT2D eigenvalue weighted by atomic mass is 10.1. The summed E-state index contributed by atoms with van der Waals surface area (Å²) in [5, 5.41) is 12.2. The number of halogens is 2. The zero-order valence-corrected chi connectivity index (χ0v) is 12.0. The van der Waals surface area contributed by atoms with Crippen molar-refractivity contribution in [2.45, 2.75) is 32.2 Å². The number of nitrogens with one attached hydrogen (secondary N) is 1. The van der Waals surface area contributed by atoms with Gasteiger partial charge in [-0.25, -0.2) is 4.79 Å². The minimum Gasteiger partial charge on any atom is -0.480 e. The van der Waals surface area contributed by atoms with Crippen LogP contribution in [0.3, 0.4) is 0 Å². The summed E-state index contributed by atoms with van der Waals surface area (Å²) in [5.41, 5.74) is 0.688. The molecule has 0 radical (unpaired) electrons. The van der Waals surface area contributed by atoms with E-state index in [0.717, 1.165) is 0 Å². The molecule has 1 aromatic rings. The quantitative estimate of drug-likeness (QED) is 0.849. The van der Waals surface area contributed by atoms with Gasteiger partial charge < -0.3 is 10.4 Å². The van der Waals surface area contributed by atoms with Gasteiger partial charge in [-0.1, -0.05) is 42.6 Å². The van der Waals surface area contributed by atoms with Gasteiger partial charge in [-0.15, -0.1) is 0 Å². The third kappa shape index (κ3) is 5.09.